The molecule has 1 aliphatic heterocycles. The standard InChI is InChI=1S/C29H31ClFN7O3/c1-14(2)23-25(15(3)9-10-33-23)38-27-19(11-20(30)24(34-27)18-7-6-8-21(31)22(18)32)26(35-28(38)39)36-12-17(5)37(29(40)41)13-16(36)4/h6-11,14,16-17H,12-13,32H2,1-5H3,(H,40,41)/t16-,17+/m0/s1. The molecular formula is C29H31ClFN7O3. The summed E-state index contributed by atoms with van der Waals surface area (Å²) in [4.78, 5) is 43.0. The van der Waals surface area contributed by atoms with Crippen LogP contribution >= 0.6 is 11.6 Å². The van der Waals surface area contributed by atoms with E-state index in [4.69, 9.17) is 22.3 Å². The third kappa shape index (κ3) is 4.84. The van der Waals surface area contributed by atoms with Crippen molar-refractivity contribution in [3.05, 3.63) is 69.1 Å². The molecule has 1 amide bonds. The summed E-state index contributed by atoms with van der Waals surface area (Å²) in [6, 6.07) is 7.20. The van der Waals surface area contributed by atoms with Crippen molar-refractivity contribution in [3.8, 4) is 16.9 Å². The van der Waals surface area contributed by atoms with Crippen molar-refractivity contribution in [2.45, 2.75) is 52.6 Å². The smallest absolute Gasteiger partial charge is 0.407 e. The summed E-state index contributed by atoms with van der Waals surface area (Å²) in [6.07, 6.45) is 0.685. The quantitative estimate of drug-likeness (QED) is 0.314. The number of anilines is 2. The summed E-state index contributed by atoms with van der Waals surface area (Å²) in [7, 11) is 0. The van der Waals surface area contributed by atoms with E-state index in [0.717, 1.165) is 5.56 Å². The first-order valence-corrected chi connectivity index (χ1v) is 13.7. The fraction of sp³-hybridized carbons (Fsp3) is 0.345. The second-order valence-corrected chi connectivity index (χ2v) is 11.2. The molecule has 5 rings (SSSR count). The van der Waals surface area contributed by atoms with E-state index in [0.29, 0.717) is 34.7 Å². The molecule has 10 nitrogen and oxygen atoms in total. The predicted molar refractivity (Wildman–Crippen MR) is 158 cm³/mol. The van der Waals surface area contributed by atoms with Crippen LogP contribution in [0.5, 0.6) is 0 Å². The fourth-order valence-electron chi connectivity index (χ4n) is 5.43. The van der Waals surface area contributed by atoms with E-state index in [-0.39, 0.29) is 46.6 Å². The highest BCUT2D eigenvalue weighted by Crippen LogP contribution is 2.37. The molecule has 0 unspecified atom stereocenters. The predicted octanol–water partition coefficient (Wildman–Crippen LogP) is 5.23. The Morgan fingerprint density at radius 3 is 2.59 bits per heavy atom. The molecule has 3 aromatic heterocycles. The molecule has 3 N–H and O–H groups in total. The molecule has 1 aromatic carbocycles. The number of benzene rings is 1. The number of nitrogens with zero attached hydrogens (tertiary/aromatic N) is 6. The first-order chi connectivity index (χ1) is 19.4. The molecule has 0 aliphatic carbocycles. The number of piperazine rings is 1. The Hall–Kier alpha value is -4.25. The van der Waals surface area contributed by atoms with Gasteiger partial charge in [0, 0.05) is 36.9 Å². The van der Waals surface area contributed by atoms with Crippen molar-refractivity contribution in [2.24, 2.45) is 0 Å². The number of carbonyl (C=O) groups is 1. The highest BCUT2D eigenvalue weighted by Gasteiger charge is 2.34. The SMILES string of the molecule is Cc1ccnc(C(C)C)c1-n1c(=O)nc(N2C[C@@H](C)N(C(=O)O)C[C@@H]2C)c2cc(Cl)c(-c3cccc(F)c3N)nc21. The minimum atomic E-state index is -1.01. The van der Waals surface area contributed by atoms with Gasteiger partial charge in [-0.2, -0.15) is 4.98 Å². The Labute approximate surface area is 241 Å². The molecule has 1 fully saturated rings. The van der Waals surface area contributed by atoms with Crippen molar-refractivity contribution in [1.29, 1.82) is 0 Å². The van der Waals surface area contributed by atoms with Crippen LogP contribution in [0.2, 0.25) is 5.02 Å². The number of hydrogen-bond donors (Lipinski definition) is 2. The van der Waals surface area contributed by atoms with E-state index in [1.54, 1.807) is 25.3 Å². The number of aromatic nitrogens is 4. The molecule has 41 heavy (non-hydrogen) atoms. The maximum atomic E-state index is 14.5. The van der Waals surface area contributed by atoms with Crippen molar-refractivity contribution in [3.63, 3.8) is 0 Å². The average Bonchev–Trinajstić information content (AvgIpc) is 2.91. The van der Waals surface area contributed by atoms with E-state index in [1.165, 1.54) is 21.6 Å². The molecule has 0 radical (unpaired) electrons. The van der Waals surface area contributed by atoms with E-state index < -0.39 is 17.6 Å². The highest BCUT2D eigenvalue weighted by atomic mass is 35.5. The molecule has 4 heterocycles. The van der Waals surface area contributed by atoms with Crippen molar-refractivity contribution >= 4 is 40.2 Å². The van der Waals surface area contributed by atoms with E-state index in [1.807, 2.05) is 38.7 Å². The summed E-state index contributed by atoms with van der Waals surface area (Å²) >= 11 is 6.78. The van der Waals surface area contributed by atoms with Gasteiger partial charge in [0.05, 0.1) is 33.2 Å². The van der Waals surface area contributed by atoms with Crippen LogP contribution < -0.4 is 16.3 Å². The lowest BCUT2D eigenvalue weighted by Gasteiger charge is -2.43. The van der Waals surface area contributed by atoms with E-state index in [2.05, 4.69) is 9.97 Å². The Balaban J connectivity index is 1.86. The van der Waals surface area contributed by atoms with Crippen LogP contribution in [0, 0.1) is 12.7 Å². The molecule has 1 saturated heterocycles. The number of hydrogen-bond acceptors (Lipinski definition) is 7. The van der Waals surface area contributed by atoms with Gasteiger partial charge in [0.15, 0.2) is 5.65 Å². The number of nitrogens with two attached hydrogens (primary N) is 1. The highest BCUT2D eigenvalue weighted by molar-refractivity contribution is 6.34. The number of aryl methyl sites for hydroxylation is 1. The first kappa shape index (κ1) is 28.3. The lowest BCUT2D eigenvalue weighted by atomic mass is 10.0. The van der Waals surface area contributed by atoms with E-state index in [9.17, 15) is 19.1 Å². The van der Waals surface area contributed by atoms with Crippen LogP contribution in [0.3, 0.4) is 0 Å². The van der Waals surface area contributed by atoms with Gasteiger partial charge < -0.3 is 20.6 Å². The largest absolute Gasteiger partial charge is 0.465 e. The lowest BCUT2D eigenvalue weighted by Crippen LogP contribution is -2.58. The number of halogens is 2. The monoisotopic (exact) mass is 579 g/mol. The van der Waals surface area contributed by atoms with Gasteiger partial charge in [-0.05, 0) is 50.5 Å². The van der Waals surface area contributed by atoms with Gasteiger partial charge in [-0.25, -0.2) is 23.5 Å². The zero-order valence-electron chi connectivity index (χ0n) is 23.4. The second-order valence-electron chi connectivity index (χ2n) is 10.7. The zero-order valence-corrected chi connectivity index (χ0v) is 24.1. The Kier molecular flexibility index (Phi) is 7.33. The number of pyridine rings is 2. The summed E-state index contributed by atoms with van der Waals surface area (Å²) in [5.74, 6) is -0.300. The van der Waals surface area contributed by atoms with Gasteiger partial charge in [-0.3, -0.25) is 4.98 Å². The number of nitrogen functional groups attached to an aromatic ring is 1. The number of carboxylic acid groups (broad SMARTS) is 1. The molecule has 0 saturated carbocycles. The van der Waals surface area contributed by atoms with Crippen LogP contribution in [0.25, 0.3) is 28.0 Å². The van der Waals surface area contributed by atoms with Crippen molar-refractivity contribution in [2.75, 3.05) is 23.7 Å². The maximum Gasteiger partial charge on any atom is 0.407 e. The Morgan fingerprint density at radius 2 is 1.90 bits per heavy atom. The Morgan fingerprint density at radius 1 is 1.17 bits per heavy atom. The minimum absolute atomic E-state index is 0.0258. The van der Waals surface area contributed by atoms with E-state index >= 15 is 0 Å². The number of fused-ring (bicyclic) bond motifs is 1. The van der Waals surface area contributed by atoms with Gasteiger partial charge >= 0.3 is 11.8 Å². The summed E-state index contributed by atoms with van der Waals surface area (Å²) in [6.45, 7) is 10.0. The minimum Gasteiger partial charge on any atom is -0.465 e. The van der Waals surface area contributed by atoms with Gasteiger partial charge in [0.25, 0.3) is 0 Å². The summed E-state index contributed by atoms with van der Waals surface area (Å²) in [5, 5.41) is 10.3. The maximum absolute atomic E-state index is 14.5. The van der Waals surface area contributed by atoms with Crippen LogP contribution in [0.4, 0.5) is 20.7 Å². The molecule has 0 bridgehead atoms. The second kappa shape index (κ2) is 10.6. The zero-order chi connectivity index (χ0) is 29.7. The average molecular weight is 580 g/mol. The molecule has 2 atom stereocenters. The molecule has 0 spiro atoms. The number of rotatable bonds is 4. The van der Waals surface area contributed by atoms with Crippen molar-refractivity contribution in [1.82, 2.24) is 24.4 Å². The molecule has 12 heteroatoms. The molecular weight excluding hydrogens is 549 g/mol. The van der Waals surface area contributed by atoms with Gasteiger partial charge in [-0.15, -0.1) is 0 Å². The summed E-state index contributed by atoms with van der Waals surface area (Å²) in [5.41, 5.74) is 8.18. The van der Waals surface area contributed by atoms with Crippen molar-refractivity contribution < 1.29 is 14.3 Å². The van der Waals surface area contributed by atoms with Crippen LogP contribution in [-0.4, -0.2) is 60.8 Å². The van der Waals surface area contributed by atoms with Crippen LogP contribution in [0.1, 0.15) is 44.9 Å². The van der Waals surface area contributed by atoms with Gasteiger partial charge in [0.1, 0.15) is 11.6 Å². The third-order valence-corrected chi connectivity index (χ3v) is 7.83. The third-order valence-electron chi connectivity index (χ3n) is 7.54. The molecule has 214 valence electrons. The van der Waals surface area contributed by atoms with Gasteiger partial charge in [0.2, 0.25) is 0 Å². The Bertz CT molecular complexity index is 1740. The molecule has 4 aromatic rings. The first-order valence-electron chi connectivity index (χ1n) is 13.3. The van der Waals surface area contributed by atoms with Gasteiger partial charge in [-0.1, -0.05) is 37.6 Å². The summed E-state index contributed by atoms with van der Waals surface area (Å²) < 4.78 is 15.9. The number of amides is 1. The number of para-hydroxylation sites is 1. The normalized spacial score (nSPS) is 17.5. The molecule has 1 aliphatic rings. The lowest BCUT2D eigenvalue weighted by molar-refractivity contribution is 0.114. The van der Waals surface area contributed by atoms with Crippen LogP contribution in [0.15, 0.2) is 41.3 Å². The van der Waals surface area contributed by atoms with Crippen LogP contribution in [-0.2, 0) is 0 Å². The fourth-order valence-corrected chi connectivity index (χ4v) is 5.68. The topological polar surface area (TPSA) is 130 Å².